The summed E-state index contributed by atoms with van der Waals surface area (Å²) in [7, 11) is 0. The number of likely N-dealkylation sites (tertiary alicyclic amines) is 1. The number of amides is 2. The molecule has 0 unspecified atom stereocenters. The lowest BCUT2D eigenvalue weighted by atomic mass is 10.0. The van der Waals surface area contributed by atoms with Crippen LogP contribution in [0, 0.1) is 0 Å². The number of rotatable bonds is 4. The van der Waals surface area contributed by atoms with Crippen LogP contribution in [0.25, 0.3) is 10.8 Å². The second-order valence-corrected chi connectivity index (χ2v) is 9.76. The van der Waals surface area contributed by atoms with Gasteiger partial charge in [0.1, 0.15) is 4.87 Å². The molecule has 0 radical (unpaired) electrons. The smallest absolute Gasteiger partial charge is 0.279 e. The molecule has 2 heterocycles. The molecule has 2 aromatic rings. The molecule has 1 spiro atoms. The van der Waals surface area contributed by atoms with Crippen molar-refractivity contribution >= 4 is 34.3 Å². The Bertz CT molecular complexity index is 908. The molecule has 2 atom stereocenters. The number of carbonyl (C=O) groups is 2. The second-order valence-electron chi connectivity index (χ2n) is 8.32. The van der Waals surface area contributed by atoms with Crippen molar-refractivity contribution in [2.24, 2.45) is 0 Å². The molecule has 2 aliphatic heterocycles. The van der Waals surface area contributed by atoms with E-state index in [-0.39, 0.29) is 28.8 Å². The van der Waals surface area contributed by atoms with Gasteiger partial charge in [0.15, 0.2) is 6.04 Å². The highest BCUT2D eigenvalue weighted by atomic mass is 32.2. The maximum absolute atomic E-state index is 13.0. The Morgan fingerprint density at radius 2 is 1.93 bits per heavy atom. The average Bonchev–Trinajstić information content (AvgIpc) is 3.17. The molecule has 2 fully saturated rings. The van der Waals surface area contributed by atoms with Crippen LogP contribution in [0.3, 0.4) is 0 Å². The predicted molar refractivity (Wildman–Crippen MR) is 118 cm³/mol. The van der Waals surface area contributed by atoms with E-state index >= 15 is 0 Å². The fourth-order valence-corrected chi connectivity index (χ4v) is 5.72. The van der Waals surface area contributed by atoms with E-state index in [1.165, 1.54) is 0 Å². The molecular formula is C23H30N3O2S+. The van der Waals surface area contributed by atoms with Gasteiger partial charge in [-0.3, -0.25) is 9.59 Å². The summed E-state index contributed by atoms with van der Waals surface area (Å²) in [6, 6.07) is 14.3. The van der Waals surface area contributed by atoms with Crippen molar-refractivity contribution in [3.05, 3.63) is 48.0 Å². The third-order valence-electron chi connectivity index (χ3n) is 6.29. The number of hydrogen-bond acceptors (Lipinski definition) is 3. The average molecular weight is 413 g/mol. The van der Waals surface area contributed by atoms with Crippen molar-refractivity contribution in [1.82, 2.24) is 10.2 Å². The lowest BCUT2D eigenvalue weighted by Gasteiger charge is -2.36. The first kappa shape index (κ1) is 20.2. The Balaban J connectivity index is 1.36. The van der Waals surface area contributed by atoms with Crippen LogP contribution >= 0.6 is 11.8 Å². The number of nitrogens with one attached hydrogen (secondary N) is 1. The van der Waals surface area contributed by atoms with E-state index in [4.69, 9.17) is 0 Å². The predicted octanol–water partition coefficient (Wildman–Crippen LogP) is 2.37. The van der Waals surface area contributed by atoms with Crippen LogP contribution in [-0.4, -0.2) is 52.5 Å². The summed E-state index contributed by atoms with van der Waals surface area (Å²) in [6.45, 7) is 5.62. The Morgan fingerprint density at radius 3 is 2.66 bits per heavy atom. The third kappa shape index (κ3) is 4.28. The van der Waals surface area contributed by atoms with E-state index in [9.17, 15) is 9.59 Å². The zero-order chi connectivity index (χ0) is 20.4. The molecule has 0 aromatic heterocycles. The monoisotopic (exact) mass is 412 g/mol. The first-order valence-electron chi connectivity index (χ1n) is 10.6. The van der Waals surface area contributed by atoms with Crippen molar-refractivity contribution in [3.63, 3.8) is 0 Å². The number of hydrogen-bond donors (Lipinski definition) is 2. The minimum atomic E-state index is -0.0169. The van der Waals surface area contributed by atoms with Gasteiger partial charge >= 0.3 is 0 Å². The topological polar surface area (TPSA) is 66.0 Å². The highest BCUT2D eigenvalue weighted by Gasteiger charge is 2.48. The van der Waals surface area contributed by atoms with Gasteiger partial charge in [-0.1, -0.05) is 49.0 Å². The minimum absolute atomic E-state index is 0.0169. The van der Waals surface area contributed by atoms with Crippen LogP contribution in [-0.2, 0) is 4.79 Å². The van der Waals surface area contributed by atoms with Crippen molar-refractivity contribution in [3.8, 4) is 0 Å². The van der Waals surface area contributed by atoms with Gasteiger partial charge in [0.25, 0.3) is 11.8 Å². The fourth-order valence-electron chi connectivity index (χ4n) is 4.23. The second kappa shape index (κ2) is 8.36. The van der Waals surface area contributed by atoms with Crippen LogP contribution < -0.4 is 10.6 Å². The normalized spacial score (nSPS) is 22.0. The van der Waals surface area contributed by atoms with Crippen LogP contribution in [0.2, 0.25) is 0 Å². The molecule has 2 aromatic carbocycles. The van der Waals surface area contributed by atoms with Gasteiger partial charge in [-0.15, -0.1) is 0 Å². The summed E-state index contributed by atoms with van der Waals surface area (Å²) >= 11 is 1.89. The standard InChI is InChI=1S/C23H29N3O2S/c1-3-16(2)24-21(27)20-15-29-23(25-20)10-12-26(13-11-23)22(28)19-9-8-17-6-4-5-7-18(17)14-19/h4-9,14,16,20,25H,3,10-13,15H2,1-2H3,(H,24,27)/p+1/t16-,20-/m1/s1. The number of thioether (sulfide) groups is 1. The van der Waals surface area contributed by atoms with Crippen molar-refractivity contribution in [1.29, 1.82) is 0 Å². The summed E-state index contributed by atoms with van der Waals surface area (Å²) in [4.78, 5) is 27.5. The largest absolute Gasteiger partial charge is 0.348 e. The summed E-state index contributed by atoms with van der Waals surface area (Å²) in [5.41, 5.74) is 0.758. The Morgan fingerprint density at radius 1 is 1.21 bits per heavy atom. The SMILES string of the molecule is CC[C@@H](C)NC(=O)[C@H]1CSC2(CCN(C(=O)c3ccc4ccccc4c3)CC2)[NH2+]1. The highest BCUT2D eigenvalue weighted by molar-refractivity contribution is 8.00. The highest BCUT2D eigenvalue weighted by Crippen LogP contribution is 2.34. The lowest BCUT2D eigenvalue weighted by molar-refractivity contribution is -0.714. The van der Waals surface area contributed by atoms with Crippen LogP contribution in [0.1, 0.15) is 43.5 Å². The van der Waals surface area contributed by atoms with Crippen molar-refractivity contribution in [2.75, 3.05) is 18.8 Å². The van der Waals surface area contributed by atoms with Crippen LogP contribution in [0.15, 0.2) is 42.5 Å². The van der Waals surface area contributed by atoms with E-state index in [2.05, 4.69) is 23.6 Å². The van der Waals surface area contributed by atoms with Gasteiger partial charge < -0.3 is 15.5 Å². The maximum atomic E-state index is 13.0. The van der Waals surface area contributed by atoms with Crippen molar-refractivity contribution in [2.45, 2.75) is 50.1 Å². The zero-order valence-corrected chi connectivity index (χ0v) is 18.0. The summed E-state index contributed by atoms with van der Waals surface area (Å²) in [6.07, 6.45) is 2.79. The summed E-state index contributed by atoms with van der Waals surface area (Å²) < 4.78 is 0. The number of nitrogens with zero attached hydrogens (tertiary/aromatic N) is 1. The number of carbonyl (C=O) groups excluding carboxylic acids is 2. The molecule has 0 bridgehead atoms. The number of fused-ring (bicyclic) bond motifs is 1. The lowest BCUT2D eigenvalue weighted by Crippen LogP contribution is -3.00. The quantitative estimate of drug-likeness (QED) is 0.810. The zero-order valence-electron chi connectivity index (χ0n) is 17.2. The molecule has 0 saturated carbocycles. The Kier molecular flexibility index (Phi) is 5.83. The van der Waals surface area contributed by atoms with E-state index in [0.717, 1.165) is 54.4 Å². The molecule has 6 heteroatoms. The van der Waals surface area contributed by atoms with Crippen molar-refractivity contribution < 1.29 is 14.9 Å². The molecule has 2 aliphatic rings. The molecule has 3 N–H and O–H groups in total. The molecular weight excluding hydrogens is 382 g/mol. The number of benzene rings is 2. The van der Waals surface area contributed by atoms with E-state index in [1.54, 1.807) is 0 Å². The minimum Gasteiger partial charge on any atom is -0.348 e. The third-order valence-corrected chi connectivity index (χ3v) is 7.93. The number of quaternary nitrogens is 1. The Labute approximate surface area is 176 Å². The van der Waals surface area contributed by atoms with Crippen LogP contribution in [0.4, 0.5) is 0 Å². The van der Waals surface area contributed by atoms with E-state index in [0.29, 0.717) is 0 Å². The fraction of sp³-hybridized carbons (Fsp3) is 0.478. The van der Waals surface area contributed by atoms with Gasteiger partial charge in [0.2, 0.25) is 0 Å². The van der Waals surface area contributed by atoms with Gasteiger partial charge in [-0.2, -0.15) is 0 Å². The molecule has 5 nitrogen and oxygen atoms in total. The molecule has 2 saturated heterocycles. The van der Waals surface area contributed by atoms with E-state index < -0.39 is 0 Å². The van der Waals surface area contributed by atoms with Gasteiger partial charge in [0, 0.05) is 37.5 Å². The molecule has 0 aliphatic carbocycles. The number of nitrogens with two attached hydrogens (primary N) is 1. The first-order valence-corrected chi connectivity index (χ1v) is 11.6. The van der Waals surface area contributed by atoms with Crippen LogP contribution in [0.5, 0.6) is 0 Å². The summed E-state index contributed by atoms with van der Waals surface area (Å²) in [5.74, 6) is 1.11. The summed E-state index contributed by atoms with van der Waals surface area (Å²) in [5, 5.41) is 7.62. The molecule has 4 rings (SSSR count). The number of piperidine rings is 1. The van der Waals surface area contributed by atoms with E-state index in [1.807, 2.05) is 60.0 Å². The van der Waals surface area contributed by atoms with Gasteiger partial charge in [-0.25, -0.2) is 0 Å². The molecule has 154 valence electrons. The maximum Gasteiger partial charge on any atom is 0.279 e. The van der Waals surface area contributed by atoms with Gasteiger partial charge in [0.05, 0.1) is 5.75 Å². The first-order chi connectivity index (χ1) is 14.0. The Hall–Kier alpha value is -2.05. The molecule has 2 amide bonds. The van der Waals surface area contributed by atoms with Gasteiger partial charge in [-0.05, 0) is 36.2 Å². The molecule has 29 heavy (non-hydrogen) atoms.